The van der Waals surface area contributed by atoms with Crippen LogP contribution in [0, 0.1) is 0 Å². The zero-order valence-electron chi connectivity index (χ0n) is 19.6. The first-order chi connectivity index (χ1) is 16.5. The van der Waals surface area contributed by atoms with Crippen LogP contribution in [-0.2, 0) is 11.2 Å². The second kappa shape index (κ2) is 11.2. The lowest BCUT2D eigenvalue weighted by Gasteiger charge is -2.33. The zero-order chi connectivity index (χ0) is 23.9. The largest absolute Gasteiger partial charge is 0.490 e. The van der Waals surface area contributed by atoms with Gasteiger partial charge in [0.1, 0.15) is 29.3 Å². The summed E-state index contributed by atoms with van der Waals surface area (Å²) < 4.78 is 6.14. The third kappa shape index (κ3) is 6.60. The van der Waals surface area contributed by atoms with Crippen molar-refractivity contribution >= 4 is 40.5 Å². The molecule has 178 valence electrons. The lowest BCUT2D eigenvalue weighted by molar-refractivity contribution is -0.114. The predicted octanol–water partition coefficient (Wildman–Crippen LogP) is 5.83. The summed E-state index contributed by atoms with van der Waals surface area (Å²) in [5.74, 6) is 3.23. The van der Waals surface area contributed by atoms with Crippen molar-refractivity contribution in [2.24, 2.45) is 0 Å². The van der Waals surface area contributed by atoms with Crippen LogP contribution in [0.3, 0.4) is 0 Å². The summed E-state index contributed by atoms with van der Waals surface area (Å²) in [4.78, 5) is 23.2. The molecule has 0 aliphatic carbocycles. The lowest BCUT2D eigenvalue weighted by atomic mass is 10.1. The highest BCUT2D eigenvalue weighted by Crippen LogP contribution is 2.26. The second-order valence-electron chi connectivity index (χ2n) is 8.42. The van der Waals surface area contributed by atoms with Crippen LogP contribution in [0.25, 0.3) is 0 Å². The van der Waals surface area contributed by atoms with Crippen molar-refractivity contribution < 1.29 is 9.53 Å². The van der Waals surface area contributed by atoms with E-state index in [4.69, 9.17) is 26.3 Å². The van der Waals surface area contributed by atoms with Crippen LogP contribution in [0.1, 0.15) is 38.9 Å². The molecule has 8 heteroatoms. The topological polar surface area (TPSA) is 79.4 Å². The number of hydrogen-bond donors (Lipinski definition) is 2. The van der Waals surface area contributed by atoms with Crippen LogP contribution in [0.2, 0.25) is 5.02 Å². The quantitative estimate of drug-likeness (QED) is 0.423. The van der Waals surface area contributed by atoms with Gasteiger partial charge in [0.05, 0.1) is 0 Å². The van der Waals surface area contributed by atoms with Gasteiger partial charge < -0.3 is 20.3 Å². The number of aromatic nitrogens is 2. The molecule has 0 unspecified atom stereocenters. The molecule has 1 amide bonds. The molecule has 0 saturated carbocycles. The van der Waals surface area contributed by atoms with E-state index in [2.05, 4.69) is 22.5 Å². The highest BCUT2D eigenvalue weighted by molar-refractivity contribution is 6.30. The van der Waals surface area contributed by atoms with Crippen LogP contribution in [0.4, 0.5) is 23.0 Å². The minimum absolute atomic E-state index is 0.102. The van der Waals surface area contributed by atoms with Crippen LogP contribution in [0.5, 0.6) is 5.75 Å². The third-order valence-corrected chi connectivity index (χ3v) is 5.82. The molecule has 2 heterocycles. The molecule has 7 nitrogen and oxygen atoms in total. The fourth-order valence-corrected chi connectivity index (χ4v) is 4.10. The first-order valence-electron chi connectivity index (χ1n) is 11.7. The van der Waals surface area contributed by atoms with Crippen molar-refractivity contribution in [2.45, 2.75) is 45.6 Å². The van der Waals surface area contributed by atoms with Crippen molar-refractivity contribution in [3.8, 4) is 5.75 Å². The van der Waals surface area contributed by atoms with Gasteiger partial charge >= 0.3 is 0 Å². The van der Waals surface area contributed by atoms with E-state index in [1.54, 1.807) is 0 Å². The number of nitrogens with one attached hydrogen (secondary N) is 2. The van der Waals surface area contributed by atoms with Crippen molar-refractivity contribution in [3.05, 3.63) is 65.4 Å². The van der Waals surface area contributed by atoms with Crippen LogP contribution in [-0.4, -0.2) is 35.1 Å². The maximum atomic E-state index is 11.4. The summed E-state index contributed by atoms with van der Waals surface area (Å²) in [6.07, 6.45) is 3.78. The van der Waals surface area contributed by atoms with Crippen LogP contribution in [0.15, 0.2) is 54.6 Å². The summed E-state index contributed by atoms with van der Waals surface area (Å²) in [6.45, 7) is 5.34. The van der Waals surface area contributed by atoms with E-state index in [9.17, 15) is 4.79 Å². The Balaban J connectivity index is 1.45. The second-order valence-corrected chi connectivity index (χ2v) is 8.86. The molecule has 2 N–H and O–H groups in total. The van der Waals surface area contributed by atoms with E-state index in [0.29, 0.717) is 5.02 Å². The van der Waals surface area contributed by atoms with Gasteiger partial charge in [-0.05, 0) is 48.9 Å². The summed E-state index contributed by atoms with van der Waals surface area (Å²) in [5, 5.41) is 6.90. The fraction of sp³-hybridized carbons (Fsp3) is 0.346. The number of ether oxygens (including phenoxy) is 1. The maximum Gasteiger partial charge on any atom is 0.221 e. The highest BCUT2D eigenvalue weighted by atomic mass is 35.5. The zero-order valence-corrected chi connectivity index (χ0v) is 20.3. The third-order valence-electron chi connectivity index (χ3n) is 5.57. The Bertz CT molecular complexity index is 1110. The average molecular weight is 480 g/mol. The minimum Gasteiger partial charge on any atom is -0.490 e. The molecule has 1 aromatic heterocycles. The first-order valence-corrected chi connectivity index (χ1v) is 12.1. The van der Waals surface area contributed by atoms with E-state index in [-0.39, 0.29) is 12.0 Å². The molecule has 0 radical (unpaired) electrons. The number of nitrogens with zero attached hydrogens (tertiary/aromatic N) is 3. The van der Waals surface area contributed by atoms with E-state index < -0.39 is 0 Å². The summed E-state index contributed by atoms with van der Waals surface area (Å²) in [7, 11) is 0. The van der Waals surface area contributed by atoms with E-state index >= 15 is 0 Å². The van der Waals surface area contributed by atoms with Crippen molar-refractivity contribution in [2.75, 3.05) is 28.6 Å². The van der Waals surface area contributed by atoms with Gasteiger partial charge in [-0.25, -0.2) is 9.97 Å². The number of rotatable bonds is 8. The van der Waals surface area contributed by atoms with Gasteiger partial charge in [-0.1, -0.05) is 24.6 Å². The Hall–Kier alpha value is -3.32. The van der Waals surface area contributed by atoms with Crippen LogP contribution < -0.4 is 20.3 Å². The Labute approximate surface area is 205 Å². The fourth-order valence-electron chi connectivity index (χ4n) is 3.98. The van der Waals surface area contributed by atoms with E-state index in [0.717, 1.165) is 73.4 Å². The molecule has 0 spiro atoms. The Morgan fingerprint density at radius 3 is 2.53 bits per heavy atom. The molecule has 4 rings (SSSR count). The van der Waals surface area contributed by atoms with Crippen molar-refractivity contribution in [1.82, 2.24) is 9.97 Å². The molecule has 1 saturated heterocycles. The molecule has 0 bridgehead atoms. The summed E-state index contributed by atoms with van der Waals surface area (Å²) in [5.41, 5.74) is 1.59. The predicted molar refractivity (Wildman–Crippen MR) is 137 cm³/mol. The SMILES string of the molecule is CCCc1nc(Nc2cccc(NC(C)=O)c2)cc(N2CCC(Oc3ccc(Cl)cc3)CC2)n1. The van der Waals surface area contributed by atoms with Gasteiger partial charge in [0.15, 0.2) is 0 Å². The number of carbonyl (C=O) groups is 1. The molecule has 3 aromatic rings. The van der Waals surface area contributed by atoms with Gasteiger partial charge in [-0.3, -0.25) is 4.79 Å². The monoisotopic (exact) mass is 479 g/mol. The normalized spacial score (nSPS) is 14.0. The molecule has 1 fully saturated rings. The number of piperidine rings is 1. The Kier molecular flexibility index (Phi) is 7.85. The molecule has 0 atom stereocenters. The van der Waals surface area contributed by atoms with Gasteiger partial charge in [0.25, 0.3) is 0 Å². The average Bonchev–Trinajstić information content (AvgIpc) is 2.81. The van der Waals surface area contributed by atoms with Gasteiger partial charge in [-0.15, -0.1) is 0 Å². The molecule has 34 heavy (non-hydrogen) atoms. The number of hydrogen-bond acceptors (Lipinski definition) is 6. The molecule has 1 aliphatic rings. The lowest BCUT2D eigenvalue weighted by Crippen LogP contribution is -2.38. The standard InChI is InChI=1S/C26H30ClN5O2/c1-3-5-24-30-25(29-21-7-4-6-20(16-21)28-18(2)33)17-26(31-24)32-14-12-23(13-15-32)34-22-10-8-19(27)9-11-22/h4,6-11,16-17,23H,3,5,12-15H2,1-2H3,(H,28,33)(H,29,30,31). The number of aryl methyl sites for hydroxylation is 1. The van der Waals surface area contributed by atoms with Crippen molar-refractivity contribution in [3.63, 3.8) is 0 Å². The number of anilines is 4. The number of benzene rings is 2. The van der Waals surface area contributed by atoms with Crippen LogP contribution >= 0.6 is 11.6 Å². The Morgan fingerprint density at radius 1 is 1.09 bits per heavy atom. The minimum atomic E-state index is -0.102. The summed E-state index contributed by atoms with van der Waals surface area (Å²) in [6, 6.07) is 17.1. The van der Waals surface area contributed by atoms with E-state index in [1.165, 1.54) is 6.92 Å². The number of carbonyl (C=O) groups excluding carboxylic acids is 1. The summed E-state index contributed by atoms with van der Waals surface area (Å²) >= 11 is 5.97. The molecular weight excluding hydrogens is 450 g/mol. The molecule has 1 aliphatic heterocycles. The Morgan fingerprint density at radius 2 is 1.82 bits per heavy atom. The number of halogens is 1. The maximum absolute atomic E-state index is 11.4. The molecular formula is C26H30ClN5O2. The highest BCUT2D eigenvalue weighted by Gasteiger charge is 2.22. The first kappa shape index (κ1) is 23.8. The van der Waals surface area contributed by atoms with Crippen molar-refractivity contribution in [1.29, 1.82) is 0 Å². The van der Waals surface area contributed by atoms with Gasteiger partial charge in [-0.2, -0.15) is 0 Å². The van der Waals surface area contributed by atoms with E-state index in [1.807, 2.05) is 54.6 Å². The van der Waals surface area contributed by atoms with Gasteiger partial charge in [0.2, 0.25) is 5.91 Å². The smallest absolute Gasteiger partial charge is 0.221 e. The number of amides is 1. The van der Waals surface area contributed by atoms with Gasteiger partial charge in [0, 0.05) is 61.7 Å². The molecule has 2 aromatic carbocycles.